The average Bonchev–Trinajstić information content (AvgIpc) is 3.52. The van der Waals surface area contributed by atoms with Crippen LogP contribution in [-0.2, 0) is 27.4 Å². The number of ketones is 1. The quantitative estimate of drug-likeness (QED) is 0.414. The van der Waals surface area contributed by atoms with Gasteiger partial charge >= 0.3 is 6.18 Å². The van der Waals surface area contributed by atoms with Crippen LogP contribution in [0.25, 0.3) is 11.3 Å². The molecule has 3 aromatic rings. The zero-order valence-corrected chi connectivity index (χ0v) is 20.1. The molecule has 176 valence electrons. The van der Waals surface area contributed by atoms with Crippen molar-refractivity contribution in [2.75, 3.05) is 6.54 Å². The molecular weight excluding hydrogens is 493 g/mol. The van der Waals surface area contributed by atoms with E-state index in [0.29, 0.717) is 42.1 Å². The van der Waals surface area contributed by atoms with Crippen molar-refractivity contribution in [3.8, 4) is 11.3 Å². The average molecular weight is 515 g/mol. The molecule has 0 spiro atoms. The highest BCUT2D eigenvalue weighted by atomic mass is 32.2. The van der Waals surface area contributed by atoms with E-state index in [-0.39, 0.29) is 16.4 Å². The minimum absolute atomic E-state index is 0.143. The van der Waals surface area contributed by atoms with Crippen LogP contribution in [0.4, 0.5) is 13.2 Å². The van der Waals surface area contributed by atoms with Crippen LogP contribution in [0.1, 0.15) is 34.7 Å². The van der Waals surface area contributed by atoms with Crippen LogP contribution in [0, 0.1) is 6.92 Å². The third-order valence-corrected chi connectivity index (χ3v) is 9.78. The molecule has 4 rings (SSSR count). The molecular formula is C22H21F3N2O3S3. The second kappa shape index (κ2) is 9.28. The molecule has 1 fully saturated rings. The summed E-state index contributed by atoms with van der Waals surface area (Å²) in [6.45, 7) is 2.16. The van der Waals surface area contributed by atoms with E-state index >= 15 is 0 Å². The molecule has 33 heavy (non-hydrogen) atoms. The maximum atomic E-state index is 13.0. The summed E-state index contributed by atoms with van der Waals surface area (Å²) < 4.78 is 65.8. The SMILES string of the molecule is Cc1ccc(S(=O)(=O)N2CCC[C@H]2C(=O)CCc2nc(-c3ccc(C(F)(F)F)cc3)cs2)s1. The number of aryl methyl sites for hydroxylation is 2. The van der Waals surface area contributed by atoms with Gasteiger partial charge in [-0.15, -0.1) is 22.7 Å². The van der Waals surface area contributed by atoms with E-state index in [1.54, 1.807) is 17.5 Å². The first-order valence-electron chi connectivity index (χ1n) is 10.3. The van der Waals surface area contributed by atoms with Crippen LogP contribution in [-0.4, -0.2) is 36.1 Å². The molecule has 0 unspecified atom stereocenters. The number of carbonyl (C=O) groups is 1. The Morgan fingerprint density at radius 1 is 1.18 bits per heavy atom. The fourth-order valence-corrected chi connectivity index (χ4v) is 7.70. The second-order valence-corrected chi connectivity index (χ2v) is 12.2. The fourth-order valence-electron chi connectivity index (χ4n) is 3.80. The molecule has 0 bridgehead atoms. The van der Waals surface area contributed by atoms with E-state index < -0.39 is 27.8 Å². The number of halogens is 3. The largest absolute Gasteiger partial charge is 0.416 e. The number of thiazole rings is 1. The van der Waals surface area contributed by atoms with Crippen molar-refractivity contribution in [2.24, 2.45) is 0 Å². The van der Waals surface area contributed by atoms with Crippen LogP contribution in [0.5, 0.6) is 0 Å². The number of benzene rings is 1. The monoisotopic (exact) mass is 514 g/mol. The number of carbonyl (C=O) groups excluding carboxylic acids is 1. The Balaban J connectivity index is 1.40. The summed E-state index contributed by atoms with van der Waals surface area (Å²) in [6, 6.07) is 7.44. The van der Waals surface area contributed by atoms with Gasteiger partial charge in [0, 0.05) is 35.2 Å². The van der Waals surface area contributed by atoms with Crippen LogP contribution in [0.3, 0.4) is 0 Å². The van der Waals surface area contributed by atoms with Crippen molar-refractivity contribution in [3.63, 3.8) is 0 Å². The summed E-state index contributed by atoms with van der Waals surface area (Å²) in [6.07, 6.45) is -2.75. The van der Waals surface area contributed by atoms with Gasteiger partial charge in [-0.2, -0.15) is 17.5 Å². The molecule has 1 aliphatic rings. The fraction of sp³-hybridized carbons (Fsp3) is 0.364. The first-order valence-corrected chi connectivity index (χ1v) is 13.4. The molecule has 5 nitrogen and oxygen atoms in total. The van der Waals surface area contributed by atoms with Gasteiger partial charge in [-0.3, -0.25) is 4.79 Å². The zero-order valence-electron chi connectivity index (χ0n) is 17.6. The first kappa shape index (κ1) is 24.1. The molecule has 0 radical (unpaired) electrons. The third kappa shape index (κ3) is 5.21. The van der Waals surface area contributed by atoms with E-state index in [1.807, 2.05) is 6.92 Å². The Hall–Kier alpha value is -2.08. The van der Waals surface area contributed by atoms with Gasteiger partial charge in [-0.25, -0.2) is 13.4 Å². The summed E-state index contributed by atoms with van der Waals surface area (Å²) in [7, 11) is -3.70. The van der Waals surface area contributed by atoms with Crippen molar-refractivity contribution in [1.82, 2.24) is 9.29 Å². The molecule has 1 aliphatic heterocycles. The number of hydrogen-bond donors (Lipinski definition) is 0. The van der Waals surface area contributed by atoms with Gasteiger partial charge in [-0.05, 0) is 44.0 Å². The lowest BCUT2D eigenvalue weighted by Crippen LogP contribution is -2.40. The van der Waals surface area contributed by atoms with Gasteiger partial charge in [0.25, 0.3) is 10.0 Å². The molecule has 0 N–H and O–H groups in total. The second-order valence-electron chi connectivity index (χ2n) is 7.81. The number of hydrogen-bond acceptors (Lipinski definition) is 6. The maximum absolute atomic E-state index is 13.0. The molecule has 1 aromatic carbocycles. The minimum atomic E-state index is -4.39. The molecule has 0 aliphatic carbocycles. The summed E-state index contributed by atoms with van der Waals surface area (Å²) >= 11 is 2.53. The Bertz CT molecular complexity index is 1250. The summed E-state index contributed by atoms with van der Waals surface area (Å²) in [5, 5.41) is 2.42. The Morgan fingerprint density at radius 3 is 2.55 bits per heavy atom. The number of sulfonamides is 1. The Kier molecular flexibility index (Phi) is 6.77. The van der Waals surface area contributed by atoms with E-state index in [1.165, 1.54) is 39.1 Å². The number of aromatic nitrogens is 1. The van der Waals surface area contributed by atoms with Gasteiger partial charge in [-0.1, -0.05) is 12.1 Å². The Labute approximate surface area is 198 Å². The third-order valence-electron chi connectivity index (χ3n) is 5.50. The van der Waals surface area contributed by atoms with Crippen molar-refractivity contribution >= 4 is 38.5 Å². The number of nitrogens with zero attached hydrogens (tertiary/aromatic N) is 2. The normalized spacial score (nSPS) is 17.5. The maximum Gasteiger partial charge on any atom is 0.416 e. The lowest BCUT2D eigenvalue weighted by Gasteiger charge is -2.22. The summed E-state index contributed by atoms with van der Waals surface area (Å²) in [5.41, 5.74) is 0.395. The van der Waals surface area contributed by atoms with Gasteiger partial charge in [0.1, 0.15) is 4.21 Å². The standard InChI is InChI=1S/C22H21F3N2O3S3/c1-14-4-11-21(32-14)33(29,30)27-12-2-3-18(27)19(28)9-10-20-26-17(13-31-20)15-5-7-16(8-6-15)22(23,24)25/h4-8,11,13,18H,2-3,9-10,12H2,1H3/t18-/m0/s1. The number of thiophene rings is 1. The lowest BCUT2D eigenvalue weighted by molar-refractivity contribution is -0.137. The number of Topliss-reactive ketones (excluding diaryl/α,β-unsaturated/α-hetero) is 1. The van der Waals surface area contributed by atoms with Crippen LogP contribution in [0.2, 0.25) is 0 Å². The van der Waals surface area contributed by atoms with E-state index in [4.69, 9.17) is 0 Å². The van der Waals surface area contributed by atoms with Gasteiger partial charge in [0.05, 0.1) is 22.3 Å². The molecule has 3 heterocycles. The Morgan fingerprint density at radius 2 is 1.91 bits per heavy atom. The van der Waals surface area contributed by atoms with E-state index in [9.17, 15) is 26.4 Å². The lowest BCUT2D eigenvalue weighted by atomic mass is 10.1. The smallest absolute Gasteiger partial charge is 0.298 e. The molecule has 2 aromatic heterocycles. The molecule has 0 amide bonds. The van der Waals surface area contributed by atoms with Crippen molar-refractivity contribution in [2.45, 2.75) is 49.0 Å². The van der Waals surface area contributed by atoms with Crippen molar-refractivity contribution in [3.05, 3.63) is 57.2 Å². The van der Waals surface area contributed by atoms with Crippen molar-refractivity contribution < 1.29 is 26.4 Å². The molecule has 11 heteroatoms. The van der Waals surface area contributed by atoms with Crippen molar-refractivity contribution in [1.29, 1.82) is 0 Å². The van der Waals surface area contributed by atoms with E-state index in [0.717, 1.165) is 17.0 Å². The first-order chi connectivity index (χ1) is 15.6. The zero-order chi connectivity index (χ0) is 23.8. The summed E-state index contributed by atoms with van der Waals surface area (Å²) in [4.78, 5) is 18.2. The van der Waals surface area contributed by atoms with Gasteiger partial charge in [0.2, 0.25) is 0 Å². The van der Waals surface area contributed by atoms with Gasteiger partial charge < -0.3 is 0 Å². The van der Waals surface area contributed by atoms with E-state index in [2.05, 4.69) is 4.98 Å². The predicted octanol–water partition coefficient (Wildman–Crippen LogP) is 5.55. The highest BCUT2D eigenvalue weighted by Gasteiger charge is 2.39. The van der Waals surface area contributed by atoms with Gasteiger partial charge in [0.15, 0.2) is 5.78 Å². The van der Waals surface area contributed by atoms with Crippen LogP contribution >= 0.6 is 22.7 Å². The minimum Gasteiger partial charge on any atom is -0.298 e. The molecule has 1 atom stereocenters. The highest BCUT2D eigenvalue weighted by Crippen LogP contribution is 2.33. The van der Waals surface area contributed by atoms with Crippen LogP contribution in [0.15, 0.2) is 46.0 Å². The predicted molar refractivity (Wildman–Crippen MR) is 122 cm³/mol. The molecule has 1 saturated heterocycles. The van der Waals surface area contributed by atoms with Crippen LogP contribution < -0.4 is 0 Å². The summed E-state index contributed by atoms with van der Waals surface area (Å²) in [5.74, 6) is -0.143. The topological polar surface area (TPSA) is 67.3 Å². The molecule has 0 saturated carbocycles. The number of rotatable bonds is 7. The number of alkyl halides is 3. The highest BCUT2D eigenvalue weighted by molar-refractivity contribution is 7.91.